The molecule has 0 saturated heterocycles. The first-order valence-electron chi connectivity index (χ1n) is 8.16. The molecule has 1 heterocycles. The number of thioether (sulfide) groups is 1. The Balaban J connectivity index is 1.41. The summed E-state index contributed by atoms with van der Waals surface area (Å²) in [5.74, 6) is 0.985. The van der Waals surface area contributed by atoms with E-state index in [9.17, 15) is 4.79 Å². The van der Waals surface area contributed by atoms with Gasteiger partial charge >= 0.3 is 0 Å². The van der Waals surface area contributed by atoms with E-state index in [1.807, 2.05) is 60.7 Å². The fraction of sp³-hybridized carbons (Fsp3) is 0.100. The number of ether oxygens (including phenoxy) is 1. The van der Waals surface area contributed by atoms with Crippen molar-refractivity contribution in [3.63, 3.8) is 0 Å². The van der Waals surface area contributed by atoms with Crippen molar-refractivity contribution in [2.75, 3.05) is 18.2 Å². The maximum absolute atomic E-state index is 12.2. The Morgan fingerprint density at radius 2 is 1.96 bits per heavy atom. The van der Waals surface area contributed by atoms with Crippen molar-refractivity contribution in [2.45, 2.75) is 5.16 Å². The zero-order valence-corrected chi connectivity index (χ0v) is 15.0. The minimum absolute atomic E-state index is 0.0664. The number of aromatic amines is 1. The lowest BCUT2D eigenvalue weighted by Crippen LogP contribution is -2.14. The molecule has 1 amide bonds. The van der Waals surface area contributed by atoms with Crippen LogP contribution < -0.4 is 10.1 Å². The summed E-state index contributed by atoms with van der Waals surface area (Å²) in [6.45, 7) is 0. The maximum atomic E-state index is 12.2. The summed E-state index contributed by atoms with van der Waals surface area (Å²) in [5.41, 5.74) is 2.54. The fourth-order valence-corrected chi connectivity index (χ4v) is 3.44. The highest BCUT2D eigenvalue weighted by molar-refractivity contribution is 7.99. The first-order valence-corrected chi connectivity index (χ1v) is 9.15. The van der Waals surface area contributed by atoms with Crippen molar-refractivity contribution >= 4 is 45.2 Å². The summed E-state index contributed by atoms with van der Waals surface area (Å²) in [6, 6.07) is 19.6. The van der Waals surface area contributed by atoms with Crippen molar-refractivity contribution in [3.8, 4) is 5.75 Å². The lowest BCUT2D eigenvalue weighted by atomic mass is 10.1. The maximum Gasteiger partial charge on any atom is 0.234 e. The van der Waals surface area contributed by atoms with Gasteiger partial charge in [-0.25, -0.2) is 4.98 Å². The van der Waals surface area contributed by atoms with Crippen LogP contribution in [0.5, 0.6) is 5.75 Å². The van der Waals surface area contributed by atoms with Crippen molar-refractivity contribution in [2.24, 2.45) is 0 Å². The van der Waals surface area contributed by atoms with Crippen LogP contribution >= 0.6 is 11.8 Å². The lowest BCUT2D eigenvalue weighted by molar-refractivity contribution is -0.113. The molecule has 5 nitrogen and oxygen atoms in total. The molecule has 26 heavy (non-hydrogen) atoms. The number of hydrogen-bond donors (Lipinski definition) is 2. The molecular weight excluding hydrogens is 346 g/mol. The number of nitrogens with one attached hydrogen (secondary N) is 2. The van der Waals surface area contributed by atoms with E-state index >= 15 is 0 Å². The molecule has 0 unspecified atom stereocenters. The van der Waals surface area contributed by atoms with Gasteiger partial charge in [-0.3, -0.25) is 4.79 Å². The number of fused-ring (bicyclic) bond motifs is 2. The Labute approximate surface area is 154 Å². The number of rotatable bonds is 5. The topological polar surface area (TPSA) is 67.0 Å². The molecule has 6 heteroatoms. The first-order chi connectivity index (χ1) is 12.7. The Morgan fingerprint density at radius 1 is 1.12 bits per heavy atom. The number of nitrogens with zero attached hydrogens (tertiary/aromatic N) is 1. The zero-order valence-electron chi connectivity index (χ0n) is 14.2. The van der Waals surface area contributed by atoms with Gasteiger partial charge in [0.1, 0.15) is 5.75 Å². The third-order valence-corrected chi connectivity index (χ3v) is 4.91. The number of aromatic nitrogens is 2. The summed E-state index contributed by atoms with van der Waals surface area (Å²) < 4.78 is 5.21. The molecule has 0 saturated carbocycles. The van der Waals surface area contributed by atoms with Gasteiger partial charge in [-0.05, 0) is 35.0 Å². The summed E-state index contributed by atoms with van der Waals surface area (Å²) in [6.07, 6.45) is 0. The van der Waals surface area contributed by atoms with E-state index in [0.29, 0.717) is 5.16 Å². The highest BCUT2D eigenvalue weighted by atomic mass is 32.2. The molecule has 4 aromatic rings. The lowest BCUT2D eigenvalue weighted by Gasteiger charge is -2.06. The molecule has 0 aliphatic heterocycles. The van der Waals surface area contributed by atoms with Crippen molar-refractivity contribution in [1.82, 2.24) is 9.97 Å². The van der Waals surface area contributed by atoms with E-state index in [-0.39, 0.29) is 11.7 Å². The van der Waals surface area contributed by atoms with Crippen LogP contribution in [0.2, 0.25) is 0 Å². The van der Waals surface area contributed by atoms with E-state index in [1.165, 1.54) is 11.8 Å². The number of benzene rings is 3. The molecule has 0 aliphatic carbocycles. The second-order valence-corrected chi connectivity index (χ2v) is 6.79. The molecule has 2 N–H and O–H groups in total. The fourth-order valence-electron chi connectivity index (χ4n) is 2.76. The number of amides is 1. The second kappa shape index (κ2) is 7.09. The Bertz CT molecular complexity index is 1090. The van der Waals surface area contributed by atoms with Crippen LogP contribution in [0, 0.1) is 0 Å². The molecule has 0 spiro atoms. The normalized spacial score (nSPS) is 11.0. The molecule has 3 aromatic carbocycles. The molecule has 0 radical (unpaired) electrons. The van der Waals surface area contributed by atoms with Crippen LogP contribution in [0.15, 0.2) is 65.8 Å². The zero-order chi connectivity index (χ0) is 17.9. The van der Waals surface area contributed by atoms with E-state index in [1.54, 1.807) is 7.11 Å². The highest BCUT2D eigenvalue weighted by Crippen LogP contribution is 2.24. The van der Waals surface area contributed by atoms with Gasteiger partial charge in [0, 0.05) is 11.8 Å². The van der Waals surface area contributed by atoms with Crippen LogP contribution in [0.25, 0.3) is 21.8 Å². The number of hydrogen-bond acceptors (Lipinski definition) is 4. The van der Waals surface area contributed by atoms with Crippen LogP contribution in [0.4, 0.5) is 5.69 Å². The van der Waals surface area contributed by atoms with Crippen LogP contribution in [0.3, 0.4) is 0 Å². The monoisotopic (exact) mass is 363 g/mol. The largest absolute Gasteiger partial charge is 0.497 e. The predicted molar refractivity (Wildman–Crippen MR) is 106 cm³/mol. The highest BCUT2D eigenvalue weighted by Gasteiger charge is 2.08. The Hall–Kier alpha value is -2.99. The molecular formula is C20H17N3O2S. The van der Waals surface area contributed by atoms with Gasteiger partial charge in [0.15, 0.2) is 5.16 Å². The molecule has 4 rings (SSSR count). The van der Waals surface area contributed by atoms with Crippen LogP contribution in [-0.4, -0.2) is 28.7 Å². The average molecular weight is 363 g/mol. The van der Waals surface area contributed by atoms with Gasteiger partial charge in [-0.1, -0.05) is 42.1 Å². The third kappa shape index (κ3) is 3.50. The summed E-state index contributed by atoms with van der Waals surface area (Å²) in [7, 11) is 1.63. The van der Waals surface area contributed by atoms with E-state index in [0.717, 1.165) is 33.2 Å². The third-order valence-electron chi connectivity index (χ3n) is 4.04. The Morgan fingerprint density at radius 3 is 2.81 bits per heavy atom. The number of anilines is 1. The van der Waals surface area contributed by atoms with Gasteiger partial charge in [-0.2, -0.15) is 0 Å². The summed E-state index contributed by atoms with van der Waals surface area (Å²) in [5, 5.41) is 5.90. The van der Waals surface area contributed by atoms with Gasteiger partial charge in [0.25, 0.3) is 0 Å². The molecule has 0 atom stereocenters. The van der Waals surface area contributed by atoms with Gasteiger partial charge < -0.3 is 15.0 Å². The smallest absolute Gasteiger partial charge is 0.234 e. The van der Waals surface area contributed by atoms with E-state index in [4.69, 9.17) is 4.74 Å². The number of H-pyrrole nitrogens is 1. The summed E-state index contributed by atoms with van der Waals surface area (Å²) >= 11 is 1.37. The van der Waals surface area contributed by atoms with E-state index < -0.39 is 0 Å². The quantitative estimate of drug-likeness (QED) is 0.514. The number of carbonyl (C=O) groups is 1. The second-order valence-electron chi connectivity index (χ2n) is 5.82. The molecule has 0 fully saturated rings. The van der Waals surface area contributed by atoms with Gasteiger partial charge in [0.05, 0.1) is 23.9 Å². The minimum atomic E-state index is -0.0664. The average Bonchev–Trinajstić information content (AvgIpc) is 3.08. The Kier molecular flexibility index (Phi) is 4.50. The van der Waals surface area contributed by atoms with Crippen molar-refractivity contribution in [3.05, 3.63) is 60.7 Å². The van der Waals surface area contributed by atoms with Crippen LogP contribution in [0.1, 0.15) is 0 Å². The predicted octanol–water partition coefficient (Wildman–Crippen LogP) is 4.46. The van der Waals surface area contributed by atoms with Crippen molar-refractivity contribution in [1.29, 1.82) is 0 Å². The van der Waals surface area contributed by atoms with Crippen molar-refractivity contribution < 1.29 is 9.53 Å². The molecule has 130 valence electrons. The molecule has 0 bridgehead atoms. The minimum Gasteiger partial charge on any atom is -0.497 e. The van der Waals surface area contributed by atoms with Crippen LogP contribution in [-0.2, 0) is 4.79 Å². The SMILES string of the molecule is COc1ccc2nc(SCC(=O)Nc3ccc4ccccc4c3)[nH]c2c1. The van der Waals surface area contributed by atoms with Gasteiger partial charge in [0.2, 0.25) is 5.91 Å². The molecule has 1 aromatic heterocycles. The van der Waals surface area contributed by atoms with Gasteiger partial charge in [-0.15, -0.1) is 0 Å². The number of methoxy groups -OCH3 is 1. The standard InChI is InChI=1S/C20H17N3O2S/c1-25-16-8-9-17-18(11-16)23-20(22-17)26-12-19(24)21-15-7-6-13-4-2-3-5-14(13)10-15/h2-11H,12H2,1H3,(H,21,24)(H,22,23). The number of carbonyl (C=O) groups excluding carboxylic acids is 1. The summed E-state index contributed by atoms with van der Waals surface area (Å²) in [4.78, 5) is 19.9. The first kappa shape index (κ1) is 16.5. The van der Waals surface area contributed by atoms with E-state index in [2.05, 4.69) is 15.3 Å². The number of imidazole rings is 1. The molecule has 0 aliphatic rings.